The Bertz CT molecular complexity index is 469. The highest BCUT2D eigenvalue weighted by molar-refractivity contribution is 8.00. The summed E-state index contributed by atoms with van der Waals surface area (Å²) in [4.78, 5) is 22.9. The highest BCUT2D eigenvalue weighted by Crippen LogP contribution is 2.19. The minimum absolute atomic E-state index is 0.0322. The monoisotopic (exact) mass is 288 g/mol. The summed E-state index contributed by atoms with van der Waals surface area (Å²) in [6.07, 6.45) is 0. The molecule has 0 fully saturated rings. The van der Waals surface area contributed by atoms with Crippen molar-refractivity contribution >= 4 is 23.6 Å². The average molecular weight is 288 g/mol. The number of hydrogen-bond donors (Lipinski definition) is 2. The van der Waals surface area contributed by atoms with Crippen molar-refractivity contribution in [2.45, 2.75) is 11.8 Å². The first-order valence-corrected chi connectivity index (χ1v) is 6.62. The Hall–Kier alpha value is -1.63. The van der Waals surface area contributed by atoms with Gasteiger partial charge in [0.2, 0.25) is 11.8 Å². The van der Waals surface area contributed by atoms with Crippen molar-refractivity contribution in [1.29, 1.82) is 0 Å². The van der Waals surface area contributed by atoms with Gasteiger partial charge in [0.15, 0.2) is 11.6 Å². The molecule has 0 heterocycles. The molecule has 1 aromatic rings. The van der Waals surface area contributed by atoms with E-state index in [1.807, 2.05) is 0 Å². The Morgan fingerprint density at radius 2 is 1.89 bits per heavy atom. The van der Waals surface area contributed by atoms with Crippen molar-refractivity contribution < 1.29 is 18.4 Å². The number of likely N-dealkylation sites (N-methyl/N-ethyl adjacent to an activating group) is 1. The number of rotatable bonds is 6. The number of nitrogens with one attached hydrogen (secondary N) is 2. The van der Waals surface area contributed by atoms with E-state index in [4.69, 9.17) is 0 Å². The smallest absolute Gasteiger partial charge is 0.239 e. The van der Waals surface area contributed by atoms with Crippen LogP contribution >= 0.6 is 11.8 Å². The Morgan fingerprint density at radius 1 is 1.16 bits per heavy atom. The van der Waals surface area contributed by atoms with E-state index in [9.17, 15) is 18.4 Å². The van der Waals surface area contributed by atoms with Crippen LogP contribution in [-0.4, -0.2) is 30.7 Å². The van der Waals surface area contributed by atoms with Crippen LogP contribution in [0.15, 0.2) is 23.1 Å². The molecule has 1 rings (SSSR count). The zero-order valence-corrected chi connectivity index (χ0v) is 11.2. The third kappa shape index (κ3) is 5.69. The molecule has 0 bridgehead atoms. The lowest BCUT2D eigenvalue weighted by Crippen LogP contribution is -2.37. The second-order valence-electron chi connectivity index (χ2n) is 3.59. The summed E-state index contributed by atoms with van der Waals surface area (Å²) >= 11 is 1.07. The van der Waals surface area contributed by atoms with Gasteiger partial charge >= 0.3 is 0 Å². The van der Waals surface area contributed by atoms with Crippen LogP contribution in [0.5, 0.6) is 0 Å². The Labute approximate surface area is 113 Å². The van der Waals surface area contributed by atoms with Crippen molar-refractivity contribution in [2.75, 3.05) is 18.8 Å². The van der Waals surface area contributed by atoms with E-state index in [1.54, 1.807) is 6.92 Å². The van der Waals surface area contributed by atoms with Gasteiger partial charge in [-0.2, -0.15) is 0 Å². The first kappa shape index (κ1) is 15.4. The van der Waals surface area contributed by atoms with Gasteiger partial charge in [-0.15, -0.1) is 11.8 Å². The number of benzene rings is 1. The molecule has 0 aromatic heterocycles. The molecule has 2 amide bonds. The SMILES string of the molecule is CCNC(=O)CNC(=O)CSc1ccc(F)c(F)c1. The maximum Gasteiger partial charge on any atom is 0.239 e. The Kier molecular flexibility index (Phi) is 6.27. The highest BCUT2D eigenvalue weighted by Gasteiger charge is 2.07. The quantitative estimate of drug-likeness (QED) is 0.776. The summed E-state index contributed by atoms with van der Waals surface area (Å²) in [5.41, 5.74) is 0. The van der Waals surface area contributed by atoms with Gasteiger partial charge in [-0.25, -0.2) is 8.78 Å². The zero-order chi connectivity index (χ0) is 14.3. The molecular formula is C12H14F2N2O2S. The lowest BCUT2D eigenvalue weighted by Gasteiger charge is -2.05. The lowest BCUT2D eigenvalue weighted by molar-refractivity contribution is -0.124. The molecule has 7 heteroatoms. The van der Waals surface area contributed by atoms with E-state index >= 15 is 0 Å². The molecule has 0 unspecified atom stereocenters. The predicted octanol–water partition coefficient (Wildman–Crippen LogP) is 1.31. The summed E-state index contributed by atoms with van der Waals surface area (Å²) < 4.78 is 25.6. The van der Waals surface area contributed by atoms with Gasteiger partial charge in [0.1, 0.15) is 0 Å². The van der Waals surface area contributed by atoms with Crippen LogP contribution in [0.4, 0.5) is 8.78 Å². The molecule has 0 aliphatic rings. The summed E-state index contributed by atoms with van der Waals surface area (Å²) in [6.45, 7) is 2.18. The second-order valence-corrected chi connectivity index (χ2v) is 4.64. The number of carbonyl (C=O) groups is 2. The molecule has 4 nitrogen and oxygen atoms in total. The normalized spacial score (nSPS) is 10.1. The van der Waals surface area contributed by atoms with E-state index in [-0.39, 0.29) is 24.1 Å². The summed E-state index contributed by atoms with van der Waals surface area (Å²) in [6, 6.07) is 3.42. The molecule has 0 spiro atoms. The van der Waals surface area contributed by atoms with Gasteiger partial charge in [-0.1, -0.05) is 0 Å². The fraction of sp³-hybridized carbons (Fsp3) is 0.333. The Balaban J connectivity index is 2.33. The number of amides is 2. The van der Waals surface area contributed by atoms with E-state index in [2.05, 4.69) is 10.6 Å². The summed E-state index contributed by atoms with van der Waals surface area (Å²) in [7, 11) is 0. The van der Waals surface area contributed by atoms with Gasteiger partial charge in [0, 0.05) is 11.4 Å². The van der Waals surface area contributed by atoms with Gasteiger partial charge in [0.05, 0.1) is 12.3 Å². The standard InChI is InChI=1S/C12H14F2N2O2S/c1-2-15-11(17)6-16-12(18)7-19-8-3-4-9(13)10(14)5-8/h3-5H,2,6-7H2,1H3,(H,15,17)(H,16,18). The average Bonchev–Trinajstić information content (AvgIpc) is 2.38. The van der Waals surface area contributed by atoms with Crippen LogP contribution in [0.2, 0.25) is 0 Å². The van der Waals surface area contributed by atoms with Crippen molar-refractivity contribution in [1.82, 2.24) is 10.6 Å². The maximum absolute atomic E-state index is 12.9. The largest absolute Gasteiger partial charge is 0.355 e. The molecule has 0 saturated carbocycles. The first-order valence-electron chi connectivity index (χ1n) is 5.64. The molecule has 19 heavy (non-hydrogen) atoms. The third-order valence-electron chi connectivity index (χ3n) is 2.08. The van der Waals surface area contributed by atoms with Gasteiger partial charge in [-0.3, -0.25) is 9.59 Å². The van der Waals surface area contributed by atoms with Crippen LogP contribution in [0.3, 0.4) is 0 Å². The van der Waals surface area contributed by atoms with Crippen molar-refractivity contribution in [3.63, 3.8) is 0 Å². The minimum Gasteiger partial charge on any atom is -0.355 e. The van der Waals surface area contributed by atoms with Crippen LogP contribution in [0.25, 0.3) is 0 Å². The number of carbonyl (C=O) groups excluding carboxylic acids is 2. The van der Waals surface area contributed by atoms with E-state index in [0.29, 0.717) is 11.4 Å². The number of hydrogen-bond acceptors (Lipinski definition) is 3. The van der Waals surface area contributed by atoms with Crippen LogP contribution in [0, 0.1) is 11.6 Å². The van der Waals surface area contributed by atoms with Gasteiger partial charge in [-0.05, 0) is 25.1 Å². The minimum atomic E-state index is -0.951. The molecule has 0 aliphatic heterocycles. The lowest BCUT2D eigenvalue weighted by atomic mass is 10.3. The van der Waals surface area contributed by atoms with Crippen molar-refractivity contribution in [3.8, 4) is 0 Å². The van der Waals surface area contributed by atoms with E-state index in [0.717, 1.165) is 23.9 Å². The van der Waals surface area contributed by atoms with Gasteiger partial charge < -0.3 is 10.6 Å². The highest BCUT2D eigenvalue weighted by atomic mass is 32.2. The summed E-state index contributed by atoms with van der Waals surface area (Å²) in [5.74, 6) is -2.46. The molecule has 0 aliphatic carbocycles. The molecule has 0 atom stereocenters. The fourth-order valence-corrected chi connectivity index (χ4v) is 1.96. The molecule has 1 aromatic carbocycles. The van der Waals surface area contributed by atoms with Crippen LogP contribution in [0.1, 0.15) is 6.92 Å². The first-order chi connectivity index (χ1) is 9.02. The molecule has 0 saturated heterocycles. The number of halogens is 2. The van der Waals surface area contributed by atoms with E-state index < -0.39 is 11.6 Å². The Morgan fingerprint density at radius 3 is 2.53 bits per heavy atom. The zero-order valence-electron chi connectivity index (χ0n) is 10.3. The molecule has 2 N–H and O–H groups in total. The van der Waals surface area contributed by atoms with Crippen molar-refractivity contribution in [3.05, 3.63) is 29.8 Å². The topological polar surface area (TPSA) is 58.2 Å². The maximum atomic E-state index is 12.9. The number of thioether (sulfide) groups is 1. The molecule has 0 radical (unpaired) electrons. The summed E-state index contributed by atoms with van der Waals surface area (Å²) in [5, 5.41) is 4.96. The fourth-order valence-electron chi connectivity index (χ4n) is 1.21. The van der Waals surface area contributed by atoms with Crippen LogP contribution in [-0.2, 0) is 9.59 Å². The van der Waals surface area contributed by atoms with E-state index in [1.165, 1.54) is 6.07 Å². The molecule has 104 valence electrons. The molecular weight excluding hydrogens is 274 g/mol. The predicted molar refractivity (Wildman–Crippen MR) is 68.8 cm³/mol. The van der Waals surface area contributed by atoms with Crippen molar-refractivity contribution in [2.24, 2.45) is 0 Å². The second kappa shape index (κ2) is 7.73. The van der Waals surface area contributed by atoms with Crippen LogP contribution < -0.4 is 10.6 Å². The third-order valence-corrected chi connectivity index (χ3v) is 3.07. The van der Waals surface area contributed by atoms with Gasteiger partial charge in [0.25, 0.3) is 0 Å².